The first-order valence-corrected chi connectivity index (χ1v) is 7.10. The smallest absolute Gasteiger partial charge is 0.267 e. The van der Waals surface area contributed by atoms with Gasteiger partial charge in [-0.2, -0.15) is 5.26 Å². The third kappa shape index (κ3) is 4.61. The Bertz CT molecular complexity index is 797. The summed E-state index contributed by atoms with van der Waals surface area (Å²) in [5.41, 5.74) is 6.29. The van der Waals surface area contributed by atoms with Gasteiger partial charge in [0.05, 0.1) is 15.7 Å². The number of hydrogen-bond acceptors (Lipinski definition) is 5. The first-order chi connectivity index (χ1) is 11.0. The number of nitrogens with two attached hydrogens (primary N) is 1. The highest BCUT2D eigenvalue weighted by Crippen LogP contribution is 2.22. The third-order valence-corrected chi connectivity index (χ3v) is 3.27. The van der Waals surface area contributed by atoms with Crippen molar-refractivity contribution >= 4 is 46.3 Å². The number of nitriles is 1. The average molecular weight is 348 g/mol. The molecule has 8 heteroatoms. The molecule has 0 spiro atoms. The van der Waals surface area contributed by atoms with Crippen molar-refractivity contribution in [3.05, 3.63) is 58.3 Å². The fraction of sp³-hybridized carbons (Fsp3) is 0. The topological polar surface area (TPSA) is 104 Å². The maximum absolute atomic E-state index is 12.1. The molecule has 23 heavy (non-hydrogen) atoms. The molecule has 1 heterocycles. The average Bonchev–Trinajstić information content (AvgIpc) is 2.53. The van der Waals surface area contributed by atoms with Crippen LogP contribution in [-0.2, 0) is 4.79 Å². The number of aromatic nitrogens is 1. The number of nitrogen functional groups attached to an aromatic ring is 1. The van der Waals surface area contributed by atoms with Gasteiger partial charge in [-0.25, -0.2) is 4.98 Å². The van der Waals surface area contributed by atoms with Crippen LogP contribution in [0.15, 0.2) is 48.3 Å². The summed E-state index contributed by atoms with van der Waals surface area (Å²) in [5.74, 6) is -0.139. The van der Waals surface area contributed by atoms with E-state index in [2.05, 4.69) is 15.6 Å². The first kappa shape index (κ1) is 16.6. The second-order valence-corrected chi connectivity index (χ2v) is 5.21. The van der Waals surface area contributed by atoms with E-state index in [0.29, 0.717) is 27.2 Å². The normalized spacial score (nSPS) is 10.7. The Morgan fingerprint density at radius 2 is 2.09 bits per heavy atom. The van der Waals surface area contributed by atoms with Gasteiger partial charge in [0.25, 0.3) is 5.91 Å². The van der Waals surface area contributed by atoms with Gasteiger partial charge in [-0.15, -0.1) is 0 Å². The molecule has 0 radical (unpaired) electrons. The minimum absolute atomic E-state index is 0.130. The van der Waals surface area contributed by atoms with Gasteiger partial charge >= 0.3 is 0 Å². The number of pyridine rings is 1. The zero-order valence-corrected chi connectivity index (χ0v) is 13.2. The number of carbonyl (C=O) groups is 1. The number of halogens is 2. The summed E-state index contributed by atoms with van der Waals surface area (Å²) in [6.45, 7) is 0. The van der Waals surface area contributed by atoms with E-state index in [9.17, 15) is 4.79 Å². The van der Waals surface area contributed by atoms with E-state index in [1.807, 2.05) is 0 Å². The molecule has 0 fully saturated rings. The maximum atomic E-state index is 12.1. The SMILES string of the molecule is N#C/C(=C/Nc1ccc(Cl)cn1)C(=O)Nc1ccc(N)c(Cl)c1. The van der Waals surface area contributed by atoms with Gasteiger partial charge in [-0.1, -0.05) is 23.2 Å². The summed E-state index contributed by atoms with van der Waals surface area (Å²) >= 11 is 11.6. The van der Waals surface area contributed by atoms with Gasteiger partial charge in [0.15, 0.2) is 0 Å². The van der Waals surface area contributed by atoms with E-state index < -0.39 is 5.91 Å². The monoisotopic (exact) mass is 347 g/mol. The highest BCUT2D eigenvalue weighted by atomic mass is 35.5. The van der Waals surface area contributed by atoms with Crippen molar-refractivity contribution in [3.8, 4) is 6.07 Å². The van der Waals surface area contributed by atoms with Crippen LogP contribution in [0.3, 0.4) is 0 Å². The molecule has 0 bridgehead atoms. The fourth-order valence-electron chi connectivity index (χ4n) is 1.56. The van der Waals surface area contributed by atoms with Crippen molar-refractivity contribution in [2.45, 2.75) is 0 Å². The Hall–Kier alpha value is -2.75. The number of amides is 1. The number of nitrogens with zero attached hydrogens (tertiary/aromatic N) is 2. The van der Waals surface area contributed by atoms with Crippen molar-refractivity contribution in [3.63, 3.8) is 0 Å². The van der Waals surface area contributed by atoms with Crippen molar-refractivity contribution in [1.82, 2.24) is 4.98 Å². The van der Waals surface area contributed by atoms with Crippen molar-refractivity contribution in [2.75, 3.05) is 16.4 Å². The van der Waals surface area contributed by atoms with Gasteiger partial charge in [0.2, 0.25) is 0 Å². The van der Waals surface area contributed by atoms with Crippen LogP contribution in [-0.4, -0.2) is 10.9 Å². The third-order valence-electron chi connectivity index (χ3n) is 2.72. The Morgan fingerprint density at radius 1 is 1.30 bits per heavy atom. The van der Waals surface area contributed by atoms with Crippen molar-refractivity contribution < 1.29 is 4.79 Å². The second kappa shape index (κ2) is 7.49. The lowest BCUT2D eigenvalue weighted by Crippen LogP contribution is -2.14. The molecule has 2 rings (SSSR count). The van der Waals surface area contributed by atoms with E-state index in [1.165, 1.54) is 18.5 Å². The molecule has 116 valence electrons. The lowest BCUT2D eigenvalue weighted by atomic mass is 10.2. The predicted molar refractivity (Wildman–Crippen MR) is 91.1 cm³/mol. The van der Waals surface area contributed by atoms with Gasteiger partial charge < -0.3 is 16.4 Å². The van der Waals surface area contributed by atoms with Crippen LogP contribution >= 0.6 is 23.2 Å². The molecule has 0 saturated carbocycles. The Morgan fingerprint density at radius 3 is 2.70 bits per heavy atom. The van der Waals surface area contributed by atoms with E-state index in [1.54, 1.807) is 30.3 Å². The summed E-state index contributed by atoms with van der Waals surface area (Å²) in [5, 5.41) is 15.2. The Kier molecular flexibility index (Phi) is 5.41. The van der Waals surface area contributed by atoms with Gasteiger partial charge in [-0.3, -0.25) is 4.79 Å². The van der Waals surface area contributed by atoms with Gasteiger partial charge in [-0.05, 0) is 30.3 Å². The number of carbonyl (C=O) groups excluding carboxylic acids is 1. The van der Waals surface area contributed by atoms with E-state index in [4.69, 9.17) is 34.2 Å². The van der Waals surface area contributed by atoms with Crippen LogP contribution in [0.2, 0.25) is 10.0 Å². The number of anilines is 3. The highest BCUT2D eigenvalue weighted by Gasteiger charge is 2.10. The lowest BCUT2D eigenvalue weighted by Gasteiger charge is -2.06. The molecule has 0 aliphatic heterocycles. The molecule has 6 nitrogen and oxygen atoms in total. The molecule has 0 atom stereocenters. The molecule has 0 aliphatic rings. The quantitative estimate of drug-likeness (QED) is 0.446. The summed E-state index contributed by atoms with van der Waals surface area (Å²) < 4.78 is 0. The molecule has 2 aromatic rings. The zero-order chi connectivity index (χ0) is 16.8. The molecule has 4 N–H and O–H groups in total. The number of nitrogens with one attached hydrogen (secondary N) is 2. The lowest BCUT2D eigenvalue weighted by molar-refractivity contribution is -0.112. The van der Waals surface area contributed by atoms with E-state index >= 15 is 0 Å². The summed E-state index contributed by atoms with van der Waals surface area (Å²) in [4.78, 5) is 16.0. The molecular weight excluding hydrogens is 337 g/mol. The van der Waals surface area contributed by atoms with Crippen LogP contribution in [0.1, 0.15) is 0 Å². The number of hydrogen-bond donors (Lipinski definition) is 3. The molecule has 0 unspecified atom stereocenters. The van der Waals surface area contributed by atoms with Crippen LogP contribution in [0.4, 0.5) is 17.2 Å². The minimum atomic E-state index is -0.588. The second-order valence-electron chi connectivity index (χ2n) is 4.37. The summed E-state index contributed by atoms with van der Waals surface area (Å²) in [6, 6.07) is 9.70. The molecule has 0 aliphatic carbocycles. The predicted octanol–water partition coefficient (Wildman–Crippen LogP) is 3.43. The largest absolute Gasteiger partial charge is 0.398 e. The number of rotatable bonds is 4. The summed E-state index contributed by atoms with van der Waals surface area (Å²) in [6.07, 6.45) is 2.70. The summed E-state index contributed by atoms with van der Waals surface area (Å²) in [7, 11) is 0. The van der Waals surface area contributed by atoms with Gasteiger partial charge in [0, 0.05) is 18.1 Å². The maximum Gasteiger partial charge on any atom is 0.267 e. The standard InChI is InChI=1S/C15H11Cl2N5O/c16-10-1-4-14(21-8-10)20-7-9(6-18)15(23)22-11-2-3-13(19)12(17)5-11/h1-5,7-8H,19H2,(H,20,21)(H,22,23)/b9-7-. The molecule has 1 amide bonds. The van der Waals surface area contributed by atoms with Crippen LogP contribution in [0, 0.1) is 11.3 Å². The molecular formula is C15H11Cl2N5O. The number of benzene rings is 1. The van der Waals surface area contributed by atoms with Crippen molar-refractivity contribution in [1.29, 1.82) is 5.26 Å². The van der Waals surface area contributed by atoms with Crippen LogP contribution < -0.4 is 16.4 Å². The highest BCUT2D eigenvalue weighted by molar-refractivity contribution is 6.33. The molecule has 0 saturated heterocycles. The molecule has 1 aromatic carbocycles. The first-order valence-electron chi connectivity index (χ1n) is 6.34. The van der Waals surface area contributed by atoms with Crippen LogP contribution in [0.5, 0.6) is 0 Å². The van der Waals surface area contributed by atoms with E-state index in [-0.39, 0.29) is 5.57 Å². The Labute approximate surface area is 142 Å². The van der Waals surface area contributed by atoms with Gasteiger partial charge in [0.1, 0.15) is 17.5 Å². The van der Waals surface area contributed by atoms with E-state index in [0.717, 1.165) is 0 Å². The fourth-order valence-corrected chi connectivity index (χ4v) is 1.85. The van der Waals surface area contributed by atoms with Crippen LogP contribution in [0.25, 0.3) is 0 Å². The minimum Gasteiger partial charge on any atom is -0.398 e. The zero-order valence-electron chi connectivity index (χ0n) is 11.7. The Balaban J connectivity index is 2.08. The molecule has 1 aromatic heterocycles. The van der Waals surface area contributed by atoms with Crippen molar-refractivity contribution in [2.24, 2.45) is 0 Å².